The monoisotopic (exact) mass is 264 g/mol. The molecule has 19 heavy (non-hydrogen) atoms. The smallest absolute Gasteiger partial charge is 0.147 e. The molecular formula is C14H24N4O. The molecule has 2 heterocycles. The zero-order valence-electron chi connectivity index (χ0n) is 12.1. The van der Waals surface area contributed by atoms with Crippen molar-refractivity contribution in [2.45, 2.75) is 52.5 Å². The first-order chi connectivity index (χ1) is 9.09. The number of nitrogens with zero attached hydrogens (tertiary/aromatic N) is 3. The largest absolute Gasteiger partial charge is 0.316 e. The minimum absolute atomic E-state index is 0.178. The molecule has 1 unspecified atom stereocenters. The van der Waals surface area contributed by atoms with Gasteiger partial charge in [-0.3, -0.25) is 4.79 Å². The van der Waals surface area contributed by atoms with Crippen molar-refractivity contribution in [2.24, 2.45) is 5.41 Å². The van der Waals surface area contributed by atoms with Crippen LogP contribution in [0.1, 0.15) is 51.9 Å². The van der Waals surface area contributed by atoms with Crippen molar-refractivity contribution in [2.75, 3.05) is 13.1 Å². The molecule has 0 saturated carbocycles. The molecule has 0 radical (unpaired) electrons. The van der Waals surface area contributed by atoms with Gasteiger partial charge in [-0.25, -0.2) is 9.67 Å². The molecule has 1 aliphatic heterocycles. The third-order valence-electron chi connectivity index (χ3n) is 4.02. The Bertz CT molecular complexity index is 432. The first kappa shape index (κ1) is 14.2. The number of ketones is 1. The average Bonchev–Trinajstić information content (AvgIpc) is 2.99. The van der Waals surface area contributed by atoms with Gasteiger partial charge >= 0.3 is 0 Å². The summed E-state index contributed by atoms with van der Waals surface area (Å²) in [6, 6.07) is 0.245. The summed E-state index contributed by atoms with van der Waals surface area (Å²) in [5.74, 6) is 1.11. The second kappa shape index (κ2) is 5.82. The molecule has 0 bridgehead atoms. The minimum Gasteiger partial charge on any atom is -0.316 e. The van der Waals surface area contributed by atoms with Gasteiger partial charge < -0.3 is 5.32 Å². The van der Waals surface area contributed by atoms with E-state index in [-0.39, 0.29) is 11.5 Å². The van der Waals surface area contributed by atoms with Crippen molar-refractivity contribution < 1.29 is 4.79 Å². The van der Waals surface area contributed by atoms with E-state index in [1.807, 2.05) is 4.68 Å². The summed E-state index contributed by atoms with van der Waals surface area (Å²) >= 11 is 0. The SMILES string of the molecule is CCCC1(C(=O)Cc2ncnn2C(C)C)CCNC1. The molecule has 0 amide bonds. The highest BCUT2D eigenvalue weighted by atomic mass is 16.1. The van der Waals surface area contributed by atoms with Crippen molar-refractivity contribution >= 4 is 5.78 Å². The van der Waals surface area contributed by atoms with Gasteiger partial charge in [0.05, 0.1) is 6.42 Å². The topological polar surface area (TPSA) is 59.8 Å². The molecule has 1 aromatic rings. The van der Waals surface area contributed by atoms with E-state index in [2.05, 4.69) is 36.2 Å². The molecule has 5 heteroatoms. The van der Waals surface area contributed by atoms with Crippen molar-refractivity contribution in [3.8, 4) is 0 Å². The molecule has 1 N–H and O–H groups in total. The van der Waals surface area contributed by atoms with Crippen LogP contribution >= 0.6 is 0 Å². The third-order valence-corrected chi connectivity index (χ3v) is 4.02. The fourth-order valence-electron chi connectivity index (χ4n) is 2.98. The molecule has 106 valence electrons. The van der Waals surface area contributed by atoms with Crippen LogP contribution in [0.2, 0.25) is 0 Å². The Morgan fingerprint density at radius 1 is 1.58 bits per heavy atom. The summed E-state index contributed by atoms with van der Waals surface area (Å²) < 4.78 is 1.85. The highest BCUT2D eigenvalue weighted by Gasteiger charge is 2.40. The molecule has 1 atom stereocenters. The molecular weight excluding hydrogens is 240 g/mol. The van der Waals surface area contributed by atoms with Crippen LogP contribution in [0.5, 0.6) is 0 Å². The fourth-order valence-corrected chi connectivity index (χ4v) is 2.98. The maximum absolute atomic E-state index is 12.7. The maximum Gasteiger partial charge on any atom is 0.147 e. The lowest BCUT2D eigenvalue weighted by molar-refractivity contribution is -0.127. The van der Waals surface area contributed by atoms with Crippen molar-refractivity contribution in [3.05, 3.63) is 12.2 Å². The summed E-state index contributed by atoms with van der Waals surface area (Å²) in [5.41, 5.74) is -0.178. The standard InChI is InChI=1S/C14H24N4O/c1-4-5-14(6-7-15-9-14)12(19)8-13-16-10-17-18(13)11(2)3/h10-11,15H,4-9H2,1-3H3. The number of rotatable bonds is 6. The van der Waals surface area contributed by atoms with Crippen molar-refractivity contribution in [1.29, 1.82) is 0 Å². The van der Waals surface area contributed by atoms with Crippen LogP contribution < -0.4 is 5.32 Å². The second-order valence-corrected chi connectivity index (χ2v) is 5.77. The minimum atomic E-state index is -0.178. The number of carbonyl (C=O) groups is 1. The molecule has 2 rings (SSSR count). The quantitative estimate of drug-likeness (QED) is 0.850. The van der Waals surface area contributed by atoms with Crippen LogP contribution in [0.4, 0.5) is 0 Å². The van der Waals surface area contributed by atoms with E-state index < -0.39 is 0 Å². The molecule has 0 aliphatic carbocycles. The van der Waals surface area contributed by atoms with E-state index in [1.54, 1.807) is 6.33 Å². The highest BCUT2D eigenvalue weighted by Crippen LogP contribution is 2.33. The predicted octanol–water partition coefficient (Wildman–Crippen LogP) is 1.75. The number of nitrogens with one attached hydrogen (secondary N) is 1. The molecule has 1 saturated heterocycles. The van der Waals surface area contributed by atoms with E-state index in [0.717, 1.165) is 38.2 Å². The molecule has 1 aromatic heterocycles. The van der Waals surface area contributed by atoms with E-state index in [4.69, 9.17) is 0 Å². The predicted molar refractivity (Wildman–Crippen MR) is 73.9 cm³/mol. The summed E-state index contributed by atoms with van der Waals surface area (Å²) in [4.78, 5) is 16.9. The zero-order chi connectivity index (χ0) is 13.9. The Balaban J connectivity index is 2.13. The van der Waals surface area contributed by atoms with Gasteiger partial charge in [0, 0.05) is 18.0 Å². The van der Waals surface area contributed by atoms with Gasteiger partial charge in [-0.05, 0) is 33.2 Å². The van der Waals surface area contributed by atoms with E-state index >= 15 is 0 Å². The molecule has 1 fully saturated rings. The van der Waals surface area contributed by atoms with Gasteiger partial charge in [-0.15, -0.1) is 0 Å². The maximum atomic E-state index is 12.7. The van der Waals surface area contributed by atoms with Crippen LogP contribution in [0.25, 0.3) is 0 Å². The summed E-state index contributed by atoms with van der Waals surface area (Å²) in [5, 5.41) is 7.53. The van der Waals surface area contributed by atoms with Gasteiger partial charge in [0.1, 0.15) is 17.9 Å². The first-order valence-electron chi connectivity index (χ1n) is 7.21. The van der Waals surface area contributed by atoms with Gasteiger partial charge in [0.25, 0.3) is 0 Å². The zero-order valence-corrected chi connectivity index (χ0v) is 12.1. The van der Waals surface area contributed by atoms with E-state index in [9.17, 15) is 4.79 Å². The van der Waals surface area contributed by atoms with Crippen molar-refractivity contribution in [1.82, 2.24) is 20.1 Å². The third kappa shape index (κ3) is 2.86. The van der Waals surface area contributed by atoms with Crippen LogP contribution in [0.3, 0.4) is 0 Å². The number of aromatic nitrogens is 3. The highest BCUT2D eigenvalue weighted by molar-refractivity contribution is 5.86. The molecule has 0 spiro atoms. The number of Topliss-reactive ketones (excluding diaryl/α,β-unsaturated/α-hetero) is 1. The molecule has 0 aromatic carbocycles. The Morgan fingerprint density at radius 2 is 2.37 bits per heavy atom. The lowest BCUT2D eigenvalue weighted by Gasteiger charge is -2.26. The van der Waals surface area contributed by atoms with Crippen LogP contribution in [0.15, 0.2) is 6.33 Å². The van der Waals surface area contributed by atoms with E-state index in [1.165, 1.54) is 0 Å². The average molecular weight is 264 g/mol. The number of hydrogen-bond acceptors (Lipinski definition) is 4. The Hall–Kier alpha value is -1.23. The van der Waals surface area contributed by atoms with Gasteiger partial charge in [-0.1, -0.05) is 13.3 Å². The first-order valence-corrected chi connectivity index (χ1v) is 7.21. The van der Waals surface area contributed by atoms with Gasteiger partial charge in [0.2, 0.25) is 0 Å². The summed E-state index contributed by atoms with van der Waals surface area (Å²) in [6.45, 7) is 8.02. The normalized spacial score (nSPS) is 23.2. The van der Waals surface area contributed by atoms with Crippen LogP contribution in [-0.4, -0.2) is 33.6 Å². The van der Waals surface area contributed by atoms with Crippen molar-refractivity contribution in [3.63, 3.8) is 0 Å². The Kier molecular flexibility index (Phi) is 4.34. The Morgan fingerprint density at radius 3 is 2.95 bits per heavy atom. The second-order valence-electron chi connectivity index (χ2n) is 5.77. The molecule has 1 aliphatic rings. The summed E-state index contributed by atoms with van der Waals surface area (Å²) in [7, 11) is 0. The fraction of sp³-hybridized carbons (Fsp3) is 0.786. The number of hydrogen-bond donors (Lipinski definition) is 1. The number of carbonyl (C=O) groups excluding carboxylic acids is 1. The summed E-state index contributed by atoms with van der Waals surface area (Å²) in [6.07, 6.45) is 4.91. The van der Waals surface area contributed by atoms with Crippen LogP contribution in [0, 0.1) is 5.41 Å². The Labute approximate surface area is 114 Å². The van der Waals surface area contributed by atoms with Gasteiger partial charge in [-0.2, -0.15) is 5.10 Å². The van der Waals surface area contributed by atoms with E-state index in [0.29, 0.717) is 12.2 Å². The molecule has 5 nitrogen and oxygen atoms in total. The lowest BCUT2D eigenvalue weighted by atomic mass is 9.77. The lowest BCUT2D eigenvalue weighted by Crippen LogP contribution is -2.35. The van der Waals surface area contributed by atoms with Gasteiger partial charge in [0.15, 0.2) is 0 Å². The van der Waals surface area contributed by atoms with Crippen LogP contribution in [-0.2, 0) is 11.2 Å².